The summed E-state index contributed by atoms with van der Waals surface area (Å²) in [6.45, 7) is 1.02. The molecule has 2 aromatic rings. The standard InChI is InChI=1S/C19H18N4O3/c24-16-20-18(13-7-3-1-4-8-13)19(21-16,14-9-5-2-6-10-14)23(17(25)22-18)11-15-12-26-15/h1-10,15H,11-12H2,(H,22,25)(H2,20,21,24). The second-order valence-electron chi connectivity index (χ2n) is 6.77. The Morgan fingerprint density at radius 3 is 2.15 bits per heavy atom. The lowest BCUT2D eigenvalue weighted by Crippen LogP contribution is -2.62. The molecule has 132 valence electrons. The molecule has 0 radical (unpaired) electrons. The van der Waals surface area contributed by atoms with Crippen LogP contribution < -0.4 is 16.0 Å². The predicted octanol–water partition coefficient (Wildman–Crippen LogP) is 1.43. The molecular formula is C19H18N4O3. The fraction of sp³-hybridized carbons (Fsp3) is 0.263. The molecule has 3 saturated heterocycles. The van der Waals surface area contributed by atoms with Gasteiger partial charge in [-0.1, -0.05) is 60.7 Å². The zero-order chi connectivity index (χ0) is 17.8. The van der Waals surface area contributed by atoms with Crippen molar-refractivity contribution < 1.29 is 14.3 Å². The van der Waals surface area contributed by atoms with Crippen molar-refractivity contribution in [1.82, 2.24) is 20.9 Å². The number of rotatable bonds is 4. The third kappa shape index (κ3) is 1.91. The fourth-order valence-corrected chi connectivity index (χ4v) is 4.08. The Hall–Kier alpha value is -3.06. The molecule has 26 heavy (non-hydrogen) atoms. The van der Waals surface area contributed by atoms with E-state index >= 15 is 0 Å². The van der Waals surface area contributed by atoms with Crippen LogP contribution in [-0.2, 0) is 16.1 Å². The number of carbonyl (C=O) groups is 2. The Balaban J connectivity index is 1.76. The lowest BCUT2D eigenvalue weighted by Gasteiger charge is -2.42. The number of benzene rings is 2. The van der Waals surface area contributed by atoms with Crippen molar-refractivity contribution in [3.05, 3.63) is 71.8 Å². The van der Waals surface area contributed by atoms with Gasteiger partial charge in [0, 0.05) is 11.1 Å². The molecule has 0 aromatic heterocycles. The minimum absolute atomic E-state index is 0.00888. The number of ether oxygens (including phenoxy) is 1. The van der Waals surface area contributed by atoms with Crippen LogP contribution in [0, 0.1) is 0 Å². The van der Waals surface area contributed by atoms with Crippen LogP contribution >= 0.6 is 0 Å². The first-order valence-corrected chi connectivity index (χ1v) is 8.58. The number of hydrogen-bond acceptors (Lipinski definition) is 3. The molecule has 3 atom stereocenters. The van der Waals surface area contributed by atoms with Gasteiger partial charge in [-0.15, -0.1) is 0 Å². The average molecular weight is 350 g/mol. The lowest BCUT2D eigenvalue weighted by atomic mass is 9.82. The van der Waals surface area contributed by atoms with E-state index in [9.17, 15) is 9.59 Å². The third-order valence-electron chi connectivity index (χ3n) is 5.27. The topological polar surface area (TPSA) is 86.0 Å². The van der Waals surface area contributed by atoms with Gasteiger partial charge in [-0.2, -0.15) is 0 Å². The van der Waals surface area contributed by atoms with E-state index in [1.807, 2.05) is 60.7 Å². The van der Waals surface area contributed by atoms with Crippen molar-refractivity contribution in [1.29, 1.82) is 0 Å². The van der Waals surface area contributed by atoms with Crippen LogP contribution in [0.15, 0.2) is 60.7 Å². The summed E-state index contributed by atoms with van der Waals surface area (Å²) in [5.41, 5.74) is -0.579. The first kappa shape index (κ1) is 15.2. The molecule has 0 aliphatic carbocycles. The summed E-state index contributed by atoms with van der Waals surface area (Å²) in [4.78, 5) is 27.2. The van der Waals surface area contributed by atoms with E-state index in [1.54, 1.807) is 4.90 Å². The highest BCUT2D eigenvalue weighted by Crippen LogP contribution is 2.49. The van der Waals surface area contributed by atoms with E-state index in [0.29, 0.717) is 13.2 Å². The number of fused-ring (bicyclic) bond motifs is 1. The maximum absolute atomic E-state index is 13.0. The summed E-state index contributed by atoms with van der Waals surface area (Å²) in [6, 6.07) is 18.5. The third-order valence-corrected chi connectivity index (χ3v) is 5.27. The van der Waals surface area contributed by atoms with Crippen LogP contribution in [0.4, 0.5) is 9.59 Å². The summed E-state index contributed by atoms with van der Waals surface area (Å²) in [6.07, 6.45) is -0.00888. The summed E-state index contributed by atoms with van der Waals surface area (Å²) >= 11 is 0. The monoisotopic (exact) mass is 350 g/mol. The number of urea groups is 2. The maximum Gasteiger partial charge on any atom is 0.321 e. The predicted molar refractivity (Wildman–Crippen MR) is 92.9 cm³/mol. The zero-order valence-electron chi connectivity index (χ0n) is 13.9. The van der Waals surface area contributed by atoms with Crippen molar-refractivity contribution in [3.8, 4) is 0 Å². The molecule has 3 N–H and O–H groups in total. The van der Waals surface area contributed by atoms with Crippen LogP contribution in [0.2, 0.25) is 0 Å². The van der Waals surface area contributed by atoms with Gasteiger partial charge in [-0.25, -0.2) is 9.59 Å². The van der Waals surface area contributed by atoms with Crippen LogP contribution in [0.3, 0.4) is 0 Å². The molecule has 0 spiro atoms. The van der Waals surface area contributed by atoms with Crippen LogP contribution in [0.25, 0.3) is 0 Å². The second kappa shape index (κ2) is 5.22. The SMILES string of the molecule is O=C1NC2(c3ccccc3)NC(=O)N(CC3CO3)C2(c2ccccc2)N1. The van der Waals surface area contributed by atoms with Gasteiger partial charge in [0.2, 0.25) is 0 Å². The summed E-state index contributed by atoms with van der Waals surface area (Å²) < 4.78 is 5.36. The highest BCUT2D eigenvalue weighted by Gasteiger charge is 2.70. The number of epoxide rings is 1. The highest BCUT2D eigenvalue weighted by atomic mass is 16.6. The van der Waals surface area contributed by atoms with Crippen LogP contribution in [0.1, 0.15) is 11.1 Å². The Kier molecular flexibility index (Phi) is 3.05. The maximum atomic E-state index is 13.0. The Morgan fingerprint density at radius 1 is 0.923 bits per heavy atom. The Labute approximate surface area is 150 Å². The van der Waals surface area contributed by atoms with Crippen molar-refractivity contribution >= 4 is 12.1 Å². The van der Waals surface area contributed by atoms with Gasteiger partial charge in [0.25, 0.3) is 0 Å². The molecule has 5 rings (SSSR count). The van der Waals surface area contributed by atoms with E-state index in [4.69, 9.17) is 4.74 Å². The lowest BCUT2D eigenvalue weighted by molar-refractivity contribution is 0.0767. The molecule has 3 unspecified atom stereocenters. The summed E-state index contributed by atoms with van der Waals surface area (Å²) in [7, 11) is 0. The Morgan fingerprint density at radius 2 is 1.54 bits per heavy atom. The first-order chi connectivity index (χ1) is 12.7. The van der Waals surface area contributed by atoms with Gasteiger partial charge in [-0.05, 0) is 0 Å². The number of nitrogens with one attached hydrogen (secondary N) is 3. The van der Waals surface area contributed by atoms with Crippen molar-refractivity contribution in [2.45, 2.75) is 17.4 Å². The second-order valence-corrected chi connectivity index (χ2v) is 6.77. The van der Waals surface area contributed by atoms with E-state index in [2.05, 4.69) is 16.0 Å². The van der Waals surface area contributed by atoms with E-state index in [1.165, 1.54) is 0 Å². The van der Waals surface area contributed by atoms with Crippen molar-refractivity contribution in [2.75, 3.05) is 13.2 Å². The Bertz CT molecular complexity index is 871. The molecule has 4 amide bonds. The number of hydrogen-bond donors (Lipinski definition) is 3. The quantitative estimate of drug-likeness (QED) is 0.729. The number of nitrogens with zero attached hydrogens (tertiary/aromatic N) is 1. The van der Waals surface area contributed by atoms with Gasteiger partial charge in [0.05, 0.1) is 19.3 Å². The van der Waals surface area contributed by atoms with E-state index in [-0.39, 0.29) is 18.2 Å². The molecule has 7 nitrogen and oxygen atoms in total. The average Bonchev–Trinajstić information content (AvgIpc) is 3.39. The van der Waals surface area contributed by atoms with Crippen LogP contribution in [-0.4, -0.2) is 36.2 Å². The van der Waals surface area contributed by atoms with Crippen molar-refractivity contribution in [3.63, 3.8) is 0 Å². The first-order valence-electron chi connectivity index (χ1n) is 8.58. The number of carbonyl (C=O) groups excluding carboxylic acids is 2. The van der Waals surface area contributed by atoms with Gasteiger partial charge in [-0.3, -0.25) is 4.90 Å². The van der Waals surface area contributed by atoms with Gasteiger partial charge < -0.3 is 20.7 Å². The van der Waals surface area contributed by atoms with Crippen LogP contribution in [0.5, 0.6) is 0 Å². The molecule has 3 fully saturated rings. The highest BCUT2D eigenvalue weighted by molar-refractivity contribution is 5.89. The van der Waals surface area contributed by atoms with E-state index in [0.717, 1.165) is 11.1 Å². The van der Waals surface area contributed by atoms with Gasteiger partial charge >= 0.3 is 12.1 Å². The molecule has 3 heterocycles. The molecule has 3 aliphatic heterocycles. The molecule has 3 aliphatic rings. The summed E-state index contributed by atoms with van der Waals surface area (Å²) in [5.74, 6) is 0. The van der Waals surface area contributed by atoms with E-state index < -0.39 is 11.3 Å². The molecule has 0 bridgehead atoms. The summed E-state index contributed by atoms with van der Waals surface area (Å²) in [5, 5.41) is 9.05. The van der Waals surface area contributed by atoms with Gasteiger partial charge in [0.15, 0.2) is 11.3 Å². The molecule has 2 aromatic carbocycles. The minimum atomic E-state index is -1.11. The molecular weight excluding hydrogens is 332 g/mol. The largest absolute Gasteiger partial charge is 0.371 e. The minimum Gasteiger partial charge on any atom is -0.371 e. The normalized spacial score (nSPS) is 31.8. The van der Waals surface area contributed by atoms with Crippen molar-refractivity contribution in [2.24, 2.45) is 0 Å². The molecule has 7 heteroatoms. The molecule has 0 saturated carbocycles. The smallest absolute Gasteiger partial charge is 0.321 e. The zero-order valence-corrected chi connectivity index (χ0v) is 13.9. The fourth-order valence-electron chi connectivity index (χ4n) is 4.08. The number of amides is 4. The van der Waals surface area contributed by atoms with Gasteiger partial charge in [0.1, 0.15) is 0 Å².